The van der Waals surface area contributed by atoms with E-state index in [1.807, 2.05) is 13.8 Å². The minimum absolute atomic E-state index is 0.130. The third-order valence-corrected chi connectivity index (χ3v) is 2.57. The van der Waals surface area contributed by atoms with Gasteiger partial charge in [0.2, 0.25) is 5.88 Å². The van der Waals surface area contributed by atoms with Crippen LogP contribution in [0.25, 0.3) is 0 Å². The number of aromatic nitrogens is 1. The molecule has 122 valence electrons. The van der Waals surface area contributed by atoms with Crippen LogP contribution in [0.2, 0.25) is 0 Å². The van der Waals surface area contributed by atoms with Gasteiger partial charge in [0.25, 0.3) is 5.91 Å². The Labute approximate surface area is 129 Å². The maximum absolute atomic E-state index is 12.0. The van der Waals surface area contributed by atoms with Gasteiger partial charge in [-0.3, -0.25) is 10.1 Å². The van der Waals surface area contributed by atoms with Crippen LogP contribution in [-0.4, -0.2) is 50.1 Å². The van der Waals surface area contributed by atoms with Crippen molar-refractivity contribution < 1.29 is 23.8 Å². The number of carbonyl (C=O) groups excluding carboxylic acids is 2. The first-order valence-corrected chi connectivity index (χ1v) is 6.93. The highest BCUT2D eigenvalue weighted by atomic mass is 16.7. The van der Waals surface area contributed by atoms with Crippen molar-refractivity contribution in [3.05, 3.63) is 23.9 Å². The average Bonchev–Trinajstić information content (AvgIpc) is 2.53. The van der Waals surface area contributed by atoms with E-state index >= 15 is 0 Å². The summed E-state index contributed by atoms with van der Waals surface area (Å²) in [6.45, 7) is 4.69. The van der Waals surface area contributed by atoms with Crippen molar-refractivity contribution in [2.45, 2.75) is 20.1 Å². The van der Waals surface area contributed by atoms with Crippen LogP contribution in [0, 0.1) is 0 Å². The minimum Gasteiger partial charge on any atom is -0.480 e. The molecule has 3 amide bonds. The number of imide groups is 1. The Balaban J connectivity index is 2.52. The molecule has 8 heteroatoms. The second kappa shape index (κ2) is 9.69. The molecule has 22 heavy (non-hydrogen) atoms. The number of amides is 3. The Morgan fingerprint density at radius 1 is 1.27 bits per heavy atom. The Morgan fingerprint density at radius 3 is 2.55 bits per heavy atom. The number of hydrogen-bond donors (Lipinski definition) is 2. The minimum atomic E-state index is -0.652. The second-order valence-corrected chi connectivity index (χ2v) is 4.06. The number of nitrogens with one attached hydrogen (secondary N) is 2. The number of rotatable bonds is 8. The van der Waals surface area contributed by atoms with Crippen LogP contribution in [0.4, 0.5) is 4.79 Å². The predicted molar refractivity (Wildman–Crippen MR) is 78.7 cm³/mol. The summed E-state index contributed by atoms with van der Waals surface area (Å²) in [6.07, 6.45) is 0.938. The van der Waals surface area contributed by atoms with Crippen molar-refractivity contribution in [2.24, 2.45) is 0 Å². The van der Waals surface area contributed by atoms with Crippen molar-refractivity contribution in [1.29, 1.82) is 0 Å². The molecule has 0 spiro atoms. The van der Waals surface area contributed by atoms with Gasteiger partial charge in [-0.25, -0.2) is 9.78 Å². The van der Waals surface area contributed by atoms with Gasteiger partial charge >= 0.3 is 6.03 Å². The van der Waals surface area contributed by atoms with Crippen LogP contribution >= 0.6 is 0 Å². The lowest BCUT2D eigenvalue weighted by atomic mass is 10.2. The first-order valence-electron chi connectivity index (χ1n) is 6.93. The zero-order valence-corrected chi connectivity index (χ0v) is 12.9. The van der Waals surface area contributed by atoms with Crippen molar-refractivity contribution in [2.75, 3.05) is 26.9 Å². The highest BCUT2D eigenvalue weighted by Gasteiger charge is 2.16. The average molecular weight is 311 g/mol. The summed E-state index contributed by atoms with van der Waals surface area (Å²) in [4.78, 5) is 27.6. The standard InChI is InChI=1S/C14H21N3O5/c1-4-21-11(22-5-2)9-16-14(19)17-12(18)10-7-6-8-15-13(10)20-3/h6-8,11H,4-5,9H2,1-3H3,(H2,16,17,18,19). The molecule has 1 heterocycles. The van der Waals surface area contributed by atoms with Gasteiger partial charge in [-0.05, 0) is 26.0 Å². The van der Waals surface area contributed by atoms with Crippen LogP contribution < -0.4 is 15.4 Å². The summed E-state index contributed by atoms with van der Waals surface area (Å²) in [5, 5.41) is 4.70. The maximum atomic E-state index is 12.0. The summed E-state index contributed by atoms with van der Waals surface area (Å²) in [5.74, 6) is -0.457. The lowest BCUT2D eigenvalue weighted by Crippen LogP contribution is -2.43. The zero-order valence-electron chi connectivity index (χ0n) is 12.9. The Kier molecular flexibility index (Phi) is 7.87. The fourth-order valence-electron chi connectivity index (χ4n) is 1.65. The second-order valence-electron chi connectivity index (χ2n) is 4.06. The third kappa shape index (κ3) is 5.66. The van der Waals surface area contributed by atoms with E-state index < -0.39 is 18.2 Å². The molecule has 0 aromatic carbocycles. The molecule has 0 radical (unpaired) electrons. The van der Waals surface area contributed by atoms with Crippen molar-refractivity contribution in [3.8, 4) is 5.88 Å². The molecule has 0 unspecified atom stereocenters. The topological polar surface area (TPSA) is 98.8 Å². The van der Waals surface area contributed by atoms with Gasteiger partial charge < -0.3 is 19.5 Å². The van der Waals surface area contributed by atoms with E-state index in [0.717, 1.165) is 0 Å². The van der Waals surface area contributed by atoms with Crippen LogP contribution in [-0.2, 0) is 9.47 Å². The molecule has 0 bridgehead atoms. The molecule has 0 saturated carbocycles. The number of nitrogens with zero attached hydrogens (tertiary/aromatic N) is 1. The summed E-state index contributed by atoms with van der Waals surface area (Å²) in [7, 11) is 1.40. The SMILES string of the molecule is CCOC(CNC(=O)NC(=O)c1cccnc1OC)OCC. The monoisotopic (exact) mass is 311 g/mol. The molecular formula is C14H21N3O5. The number of ether oxygens (including phenoxy) is 3. The molecule has 0 atom stereocenters. The number of pyridine rings is 1. The number of carbonyl (C=O) groups is 2. The summed E-state index contributed by atoms with van der Waals surface area (Å²) in [5.41, 5.74) is 0.173. The molecule has 1 aromatic rings. The van der Waals surface area contributed by atoms with Gasteiger partial charge in [0, 0.05) is 19.4 Å². The highest BCUT2D eigenvalue weighted by molar-refractivity contribution is 6.05. The Hall–Kier alpha value is -2.19. The van der Waals surface area contributed by atoms with E-state index in [2.05, 4.69) is 15.6 Å². The van der Waals surface area contributed by atoms with E-state index in [-0.39, 0.29) is 18.0 Å². The largest absolute Gasteiger partial charge is 0.480 e. The Morgan fingerprint density at radius 2 is 1.95 bits per heavy atom. The van der Waals surface area contributed by atoms with Crippen molar-refractivity contribution in [3.63, 3.8) is 0 Å². The maximum Gasteiger partial charge on any atom is 0.321 e. The lowest BCUT2D eigenvalue weighted by molar-refractivity contribution is -0.131. The predicted octanol–water partition coefficient (Wildman–Crippen LogP) is 0.929. The van der Waals surface area contributed by atoms with Gasteiger partial charge in [-0.2, -0.15) is 0 Å². The molecule has 2 N–H and O–H groups in total. The van der Waals surface area contributed by atoms with Gasteiger partial charge in [-0.15, -0.1) is 0 Å². The van der Waals surface area contributed by atoms with Gasteiger partial charge in [0.05, 0.1) is 13.7 Å². The molecule has 0 saturated heterocycles. The first kappa shape index (κ1) is 17.9. The highest BCUT2D eigenvalue weighted by Crippen LogP contribution is 2.12. The smallest absolute Gasteiger partial charge is 0.321 e. The summed E-state index contributed by atoms with van der Waals surface area (Å²) in [6, 6.07) is 2.44. The molecule has 8 nitrogen and oxygen atoms in total. The normalized spacial score (nSPS) is 10.4. The van der Waals surface area contributed by atoms with Crippen LogP contribution in [0.5, 0.6) is 5.88 Å². The molecule has 0 fully saturated rings. The van der Waals surface area contributed by atoms with Crippen LogP contribution in [0.15, 0.2) is 18.3 Å². The van der Waals surface area contributed by atoms with E-state index in [1.165, 1.54) is 19.4 Å². The van der Waals surface area contributed by atoms with Gasteiger partial charge in [0.1, 0.15) is 5.56 Å². The fraction of sp³-hybridized carbons (Fsp3) is 0.500. The summed E-state index contributed by atoms with van der Waals surface area (Å²) < 4.78 is 15.5. The lowest BCUT2D eigenvalue weighted by Gasteiger charge is -2.17. The third-order valence-electron chi connectivity index (χ3n) is 2.57. The fourth-order valence-corrected chi connectivity index (χ4v) is 1.65. The Bertz CT molecular complexity index is 489. The molecule has 0 aliphatic carbocycles. The van der Waals surface area contributed by atoms with E-state index in [0.29, 0.717) is 13.2 Å². The van der Waals surface area contributed by atoms with Crippen molar-refractivity contribution in [1.82, 2.24) is 15.6 Å². The zero-order chi connectivity index (χ0) is 16.4. The molecular weight excluding hydrogens is 290 g/mol. The molecule has 1 aromatic heterocycles. The van der Waals surface area contributed by atoms with Crippen LogP contribution in [0.3, 0.4) is 0 Å². The van der Waals surface area contributed by atoms with Gasteiger partial charge in [0.15, 0.2) is 6.29 Å². The molecule has 0 aliphatic heterocycles. The van der Waals surface area contributed by atoms with Gasteiger partial charge in [-0.1, -0.05) is 0 Å². The van der Waals surface area contributed by atoms with E-state index in [4.69, 9.17) is 14.2 Å². The number of hydrogen-bond acceptors (Lipinski definition) is 6. The van der Waals surface area contributed by atoms with E-state index in [9.17, 15) is 9.59 Å². The quantitative estimate of drug-likeness (QED) is 0.693. The number of urea groups is 1. The molecule has 0 aliphatic rings. The molecule has 1 rings (SSSR count). The number of methoxy groups -OCH3 is 1. The van der Waals surface area contributed by atoms with Crippen LogP contribution in [0.1, 0.15) is 24.2 Å². The van der Waals surface area contributed by atoms with Crippen molar-refractivity contribution >= 4 is 11.9 Å². The summed E-state index contributed by atoms with van der Waals surface area (Å²) >= 11 is 0. The first-order chi connectivity index (χ1) is 10.6. The van der Waals surface area contributed by atoms with E-state index in [1.54, 1.807) is 6.07 Å².